The van der Waals surface area contributed by atoms with Gasteiger partial charge >= 0.3 is 0 Å². The van der Waals surface area contributed by atoms with Gasteiger partial charge in [-0.2, -0.15) is 0 Å². The van der Waals surface area contributed by atoms with Crippen LogP contribution in [0, 0.1) is 0 Å². The first-order valence-corrected chi connectivity index (χ1v) is 5.81. The Morgan fingerprint density at radius 1 is 1.50 bits per heavy atom. The van der Waals surface area contributed by atoms with E-state index in [0.717, 1.165) is 17.3 Å². The van der Waals surface area contributed by atoms with Crippen LogP contribution < -0.4 is 0 Å². The van der Waals surface area contributed by atoms with Crippen LogP contribution in [0.1, 0.15) is 36.5 Å². The number of ketones is 1. The maximum absolute atomic E-state index is 11.7. The summed E-state index contributed by atoms with van der Waals surface area (Å²) in [7, 11) is 0. The van der Waals surface area contributed by atoms with Gasteiger partial charge in [0.2, 0.25) is 0 Å². The first kappa shape index (κ1) is 11.7. The molecule has 0 bridgehead atoms. The van der Waals surface area contributed by atoms with Crippen LogP contribution in [0.4, 0.5) is 0 Å². The normalized spacial score (nSPS) is 10.2. The molecule has 0 saturated carbocycles. The highest BCUT2D eigenvalue weighted by molar-refractivity contribution is 9.10. The second-order valence-electron chi connectivity index (χ2n) is 3.13. The number of benzene rings is 1. The zero-order chi connectivity index (χ0) is 10.6. The van der Waals surface area contributed by atoms with E-state index in [-0.39, 0.29) is 5.78 Å². The van der Waals surface area contributed by atoms with Crippen molar-refractivity contribution in [3.05, 3.63) is 33.3 Å². The summed E-state index contributed by atoms with van der Waals surface area (Å²) < 4.78 is 0.779. The van der Waals surface area contributed by atoms with Crippen molar-refractivity contribution >= 4 is 33.3 Å². The maximum Gasteiger partial charge on any atom is 0.164 e. The fraction of sp³-hybridized carbons (Fsp3) is 0.364. The molecule has 0 radical (unpaired) electrons. The minimum atomic E-state index is 0.123. The second kappa shape index (κ2) is 5.52. The van der Waals surface area contributed by atoms with Crippen LogP contribution >= 0.6 is 27.5 Å². The molecule has 1 aromatic rings. The van der Waals surface area contributed by atoms with Gasteiger partial charge in [0.05, 0.1) is 5.02 Å². The van der Waals surface area contributed by atoms with E-state index in [1.54, 1.807) is 6.07 Å². The van der Waals surface area contributed by atoms with Crippen LogP contribution in [0.2, 0.25) is 5.02 Å². The molecule has 0 fully saturated rings. The Balaban J connectivity index is 2.84. The summed E-state index contributed by atoms with van der Waals surface area (Å²) in [5.41, 5.74) is 0.620. The third-order valence-electron chi connectivity index (χ3n) is 2.01. The molecule has 1 nitrogen and oxygen atoms in total. The Hall–Kier alpha value is -0.340. The lowest BCUT2D eigenvalue weighted by atomic mass is 10.1. The van der Waals surface area contributed by atoms with E-state index in [9.17, 15) is 4.79 Å². The Morgan fingerprint density at radius 2 is 2.21 bits per heavy atom. The van der Waals surface area contributed by atoms with Crippen LogP contribution in [0.5, 0.6) is 0 Å². The first-order valence-electron chi connectivity index (χ1n) is 4.64. The number of carbonyl (C=O) groups excluding carboxylic acids is 1. The van der Waals surface area contributed by atoms with Crippen molar-refractivity contribution in [2.45, 2.75) is 26.2 Å². The number of rotatable bonds is 4. The number of Topliss-reactive ketones (excluding diaryl/α,β-unsaturated/α-hetero) is 1. The summed E-state index contributed by atoms with van der Waals surface area (Å²) in [6, 6.07) is 5.43. The molecule has 0 aliphatic carbocycles. The van der Waals surface area contributed by atoms with Crippen LogP contribution in [-0.2, 0) is 0 Å². The highest BCUT2D eigenvalue weighted by atomic mass is 79.9. The quantitative estimate of drug-likeness (QED) is 0.741. The molecule has 0 saturated heterocycles. The molecular formula is C11H12BrClO. The minimum absolute atomic E-state index is 0.123. The Labute approximate surface area is 97.6 Å². The standard InChI is InChI=1S/C11H12BrClO/c1-2-3-7-10(14)8-5-4-6-9(12)11(8)13/h4-6H,2-3,7H2,1H3. The Morgan fingerprint density at radius 3 is 2.86 bits per heavy atom. The lowest BCUT2D eigenvalue weighted by molar-refractivity contribution is 0.0980. The highest BCUT2D eigenvalue weighted by Crippen LogP contribution is 2.27. The minimum Gasteiger partial charge on any atom is -0.294 e. The van der Waals surface area contributed by atoms with Gasteiger partial charge < -0.3 is 0 Å². The van der Waals surface area contributed by atoms with Gasteiger partial charge in [-0.3, -0.25) is 4.79 Å². The average Bonchev–Trinajstić information content (AvgIpc) is 2.18. The molecule has 1 aromatic carbocycles. The summed E-state index contributed by atoms with van der Waals surface area (Å²) in [5, 5.41) is 0.522. The SMILES string of the molecule is CCCCC(=O)c1cccc(Br)c1Cl. The highest BCUT2D eigenvalue weighted by Gasteiger charge is 2.11. The van der Waals surface area contributed by atoms with Crippen molar-refractivity contribution in [1.82, 2.24) is 0 Å². The molecule has 76 valence electrons. The molecule has 0 unspecified atom stereocenters. The molecule has 0 aromatic heterocycles. The predicted octanol–water partition coefficient (Wildman–Crippen LogP) is 4.48. The van der Waals surface area contributed by atoms with Crippen molar-refractivity contribution in [2.24, 2.45) is 0 Å². The molecule has 0 heterocycles. The number of unbranched alkanes of at least 4 members (excludes halogenated alkanes) is 1. The number of halogens is 2. The summed E-state index contributed by atoms with van der Waals surface area (Å²) in [5.74, 6) is 0.123. The second-order valence-corrected chi connectivity index (χ2v) is 4.36. The lowest BCUT2D eigenvalue weighted by Crippen LogP contribution is -1.99. The van der Waals surface area contributed by atoms with Gasteiger partial charge in [0.15, 0.2) is 5.78 Å². The van der Waals surface area contributed by atoms with Crippen LogP contribution in [0.25, 0.3) is 0 Å². The van der Waals surface area contributed by atoms with Crippen LogP contribution in [0.15, 0.2) is 22.7 Å². The van der Waals surface area contributed by atoms with Crippen molar-refractivity contribution in [3.8, 4) is 0 Å². The molecule has 0 atom stereocenters. The number of hydrogen-bond donors (Lipinski definition) is 0. The molecule has 3 heteroatoms. The summed E-state index contributed by atoms with van der Waals surface area (Å²) in [6.07, 6.45) is 2.52. The molecule has 1 rings (SSSR count). The fourth-order valence-corrected chi connectivity index (χ4v) is 1.79. The van der Waals surface area contributed by atoms with E-state index in [2.05, 4.69) is 22.9 Å². The molecule has 0 N–H and O–H groups in total. The zero-order valence-corrected chi connectivity index (χ0v) is 10.4. The molecule has 0 aliphatic heterocycles. The van der Waals surface area contributed by atoms with Crippen molar-refractivity contribution in [1.29, 1.82) is 0 Å². The van der Waals surface area contributed by atoms with Gasteiger partial charge in [0.25, 0.3) is 0 Å². The topological polar surface area (TPSA) is 17.1 Å². The van der Waals surface area contributed by atoms with E-state index < -0.39 is 0 Å². The predicted molar refractivity (Wildman–Crippen MR) is 63.0 cm³/mol. The summed E-state index contributed by atoms with van der Waals surface area (Å²) in [4.78, 5) is 11.7. The van der Waals surface area contributed by atoms with E-state index in [0.29, 0.717) is 17.0 Å². The van der Waals surface area contributed by atoms with E-state index >= 15 is 0 Å². The average molecular weight is 276 g/mol. The van der Waals surface area contributed by atoms with Crippen LogP contribution in [-0.4, -0.2) is 5.78 Å². The lowest BCUT2D eigenvalue weighted by Gasteiger charge is -2.03. The fourth-order valence-electron chi connectivity index (χ4n) is 1.19. The van der Waals surface area contributed by atoms with Gasteiger partial charge in [0, 0.05) is 16.5 Å². The number of hydrogen-bond acceptors (Lipinski definition) is 1. The Kier molecular flexibility index (Phi) is 4.63. The summed E-state index contributed by atoms with van der Waals surface area (Å²) in [6.45, 7) is 2.07. The zero-order valence-electron chi connectivity index (χ0n) is 8.02. The first-order chi connectivity index (χ1) is 6.66. The largest absolute Gasteiger partial charge is 0.294 e. The van der Waals surface area contributed by atoms with Gasteiger partial charge in [0.1, 0.15) is 0 Å². The molecule has 14 heavy (non-hydrogen) atoms. The molecule has 0 spiro atoms. The van der Waals surface area contributed by atoms with Crippen molar-refractivity contribution < 1.29 is 4.79 Å². The van der Waals surface area contributed by atoms with Crippen molar-refractivity contribution in [2.75, 3.05) is 0 Å². The van der Waals surface area contributed by atoms with E-state index in [1.807, 2.05) is 12.1 Å². The summed E-state index contributed by atoms with van der Waals surface area (Å²) >= 11 is 9.30. The van der Waals surface area contributed by atoms with Gasteiger partial charge in [-0.15, -0.1) is 0 Å². The molecule has 0 amide bonds. The Bertz CT molecular complexity index is 336. The van der Waals surface area contributed by atoms with Crippen molar-refractivity contribution in [3.63, 3.8) is 0 Å². The maximum atomic E-state index is 11.7. The van der Waals surface area contributed by atoms with Gasteiger partial charge in [-0.1, -0.05) is 31.0 Å². The van der Waals surface area contributed by atoms with E-state index in [4.69, 9.17) is 11.6 Å². The smallest absolute Gasteiger partial charge is 0.164 e. The van der Waals surface area contributed by atoms with E-state index in [1.165, 1.54) is 0 Å². The third-order valence-corrected chi connectivity index (χ3v) is 3.31. The molecule has 0 aliphatic rings. The molecular weight excluding hydrogens is 263 g/mol. The van der Waals surface area contributed by atoms with Crippen LogP contribution in [0.3, 0.4) is 0 Å². The number of carbonyl (C=O) groups is 1. The monoisotopic (exact) mass is 274 g/mol. The van der Waals surface area contributed by atoms with Gasteiger partial charge in [-0.05, 0) is 34.5 Å². The third kappa shape index (κ3) is 2.82. The van der Waals surface area contributed by atoms with Gasteiger partial charge in [-0.25, -0.2) is 0 Å².